The first-order valence-corrected chi connectivity index (χ1v) is 9.79. The molecule has 7 heteroatoms. The molecule has 0 bridgehead atoms. The summed E-state index contributed by atoms with van der Waals surface area (Å²) in [6.45, 7) is -0.112. The fourth-order valence-corrected chi connectivity index (χ4v) is 3.73. The minimum absolute atomic E-state index is 0.0681. The van der Waals surface area contributed by atoms with E-state index < -0.39 is 6.04 Å². The van der Waals surface area contributed by atoms with E-state index in [0.29, 0.717) is 5.75 Å². The summed E-state index contributed by atoms with van der Waals surface area (Å²) in [6, 6.07) is 16.4. The van der Waals surface area contributed by atoms with Crippen LogP contribution in [0, 0.1) is 0 Å². The smallest absolute Gasteiger partial charge is 0.258 e. The van der Waals surface area contributed by atoms with Crippen molar-refractivity contribution in [2.75, 3.05) is 19.5 Å². The number of para-hydroxylation sites is 1. The molecule has 0 spiro atoms. The highest BCUT2D eigenvalue weighted by atomic mass is 32.2. The molecule has 1 aliphatic heterocycles. The zero-order chi connectivity index (χ0) is 19.1. The average molecular weight is 386 g/mol. The Labute approximate surface area is 162 Å². The molecule has 1 saturated heterocycles. The first kappa shape index (κ1) is 19.1. The lowest BCUT2D eigenvalue weighted by molar-refractivity contribution is -0.136. The molecule has 6 nitrogen and oxygen atoms in total. The van der Waals surface area contributed by atoms with Gasteiger partial charge in [-0.2, -0.15) is 11.8 Å². The largest absolute Gasteiger partial charge is 0.497 e. The zero-order valence-corrected chi connectivity index (χ0v) is 15.8. The topological polar surface area (TPSA) is 76.7 Å². The minimum atomic E-state index is -0.500. The van der Waals surface area contributed by atoms with Crippen LogP contribution in [-0.2, 0) is 15.3 Å². The molecule has 3 rings (SSSR count). The Bertz CT molecular complexity index is 767. The summed E-state index contributed by atoms with van der Waals surface area (Å²) in [4.78, 5) is 23.8. The van der Waals surface area contributed by atoms with Crippen LogP contribution in [0.25, 0.3) is 0 Å². The van der Waals surface area contributed by atoms with Crippen LogP contribution in [0.1, 0.15) is 5.56 Å². The van der Waals surface area contributed by atoms with Gasteiger partial charge in [-0.25, -0.2) is 0 Å². The van der Waals surface area contributed by atoms with Crippen molar-refractivity contribution in [1.29, 1.82) is 0 Å². The number of carbonyl (C=O) groups excluding carboxylic acids is 2. The molecular weight excluding hydrogens is 364 g/mol. The molecule has 2 N–H and O–H groups in total. The highest BCUT2D eigenvalue weighted by Crippen LogP contribution is 2.20. The van der Waals surface area contributed by atoms with E-state index in [4.69, 9.17) is 9.47 Å². The van der Waals surface area contributed by atoms with Gasteiger partial charge in [0.1, 0.15) is 17.5 Å². The SMILES string of the molecule is COc1ccc(CSC[C@H]2NC(=O)[C@H]2NC(=O)COc2ccccc2)cc1. The van der Waals surface area contributed by atoms with Gasteiger partial charge in [-0.15, -0.1) is 0 Å². The number of nitrogens with one attached hydrogen (secondary N) is 2. The number of methoxy groups -OCH3 is 1. The van der Waals surface area contributed by atoms with E-state index in [-0.39, 0.29) is 24.5 Å². The third-order valence-corrected chi connectivity index (χ3v) is 5.30. The lowest BCUT2D eigenvalue weighted by Gasteiger charge is -2.36. The molecule has 0 saturated carbocycles. The Hall–Kier alpha value is -2.67. The van der Waals surface area contributed by atoms with Crippen LogP contribution in [0.4, 0.5) is 0 Å². The molecule has 2 aromatic carbocycles. The van der Waals surface area contributed by atoms with Gasteiger partial charge >= 0.3 is 0 Å². The van der Waals surface area contributed by atoms with Crippen LogP contribution in [-0.4, -0.2) is 43.4 Å². The number of hydrogen-bond donors (Lipinski definition) is 2. The first-order valence-electron chi connectivity index (χ1n) is 8.64. The summed E-state index contributed by atoms with van der Waals surface area (Å²) in [6.07, 6.45) is 0. The van der Waals surface area contributed by atoms with Crippen molar-refractivity contribution >= 4 is 23.6 Å². The third kappa shape index (κ3) is 5.40. The van der Waals surface area contributed by atoms with Gasteiger partial charge < -0.3 is 20.1 Å². The van der Waals surface area contributed by atoms with E-state index in [9.17, 15) is 9.59 Å². The van der Waals surface area contributed by atoms with E-state index in [1.54, 1.807) is 31.0 Å². The van der Waals surface area contributed by atoms with Gasteiger partial charge in [-0.1, -0.05) is 30.3 Å². The van der Waals surface area contributed by atoms with Crippen LogP contribution < -0.4 is 20.1 Å². The Morgan fingerprint density at radius 1 is 1.11 bits per heavy atom. The summed E-state index contributed by atoms with van der Waals surface area (Å²) in [5.74, 6) is 2.55. The molecule has 0 radical (unpaired) electrons. The van der Waals surface area contributed by atoms with Crippen LogP contribution in [0.5, 0.6) is 11.5 Å². The van der Waals surface area contributed by atoms with E-state index >= 15 is 0 Å². The van der Waals surface area contributed by atoms with Crippen molar-refractivity contribution in [1.82, 2.24) is 10.6 Å². The second-order valence-corrected chi connectivity index (χ2v) is 7.16. The number of benzene rings is 2. The number of ether oxygens (including phenoxy) is 2. The molecule has 1 aliphatic rings. The Morgan fingerprint density at radius 2 is 1.85 bits per heavy atom. The molecule has 142 valence electrons. The lowest BCUT2D eigenvalue weighted by Crippen LogP contribution is -2.70. The maximum atomic E-state index is 12.0. The summed E-state index contributed by atoms with van der Waals surface area (Å²) in [7, 11) is 1.64. The molecule has 1 heterocycles. The first-order chi connectivity index (χ1) is 13.2. The van der Waals surface area contributed by atoms with Crippen LogP contribution >= 0.6 is 11.8 Å². The maximum absolute atomic E-state index is 12.0. The summed E-state index contributed by atoms with van der Waals surface area (Å²) < 4.78 is 10.6. The molecular formula is C20H22N2O4S. The van der Waals surface area contributed by atoms with Gasteiger partial charge in [-0.3, -0.25) is 9.59 Å². The van der Waals surface area contributed by atoms with Crippen molar-refractivity contribution in [3.8, 4) is 11.5 Å². The van der Waals surface area contributed by atoms with Crippen molar-refractivity contribution in [3.63, 3.8) is 0 Å². The van der Waals surface area contributed by atoms with Crippen molar-refractivity contribution in [3.05, 3.63) is 60.2 Å². The van der Waals surface area contributed by atoms with E-state index in [0.717, 1.165) is 17.3 Å². The van der Waals surface area contributed by atoms with Gasteiger partial charge in [0.2, 0.25) is 5.91 Å². The fourth-order valence-electron chi connectivity index (χ4n) is 2.65. The van der Waals surface area contributed by atoms with Gasteiger partial charge in [0.15, 0.2) is 6.61 Å². The standard InChI is InChI=1S/C20H22N2O4S/c1-25-15-9-7-14(8-10-15)12-27-13-17-19(20(24)21-17)22-18(23)11-26-16-5-3-2-4-6-16/h2-10,17,19H,11-13H2,1H3,(H,21,24)(H,22,23)/t17-,19+/m1/s1. The third-order valence-electron chi connectivity index (χ3n) is 4.17. The van der Waals surface area contributed by atoms with Gasteiger partial charge in [0.25, 0.3) is 5.91 Å². The molecule has 2 atom stereocenters. The Kier molecular flexibility index (Phi) is 6.59. The Balaban J connectivity index is 1.39. The summed E-state index contributed by atoms with van der Waals surface area (Å²) >= 11 is 1.71. The van der Waals surface area contributed by atoms with Crippen LogP contribution in [0.15, 0.2) is 54.6 Å². The predicted octanol–water partition coefficient (Wildman–Crippen LogP) is 1.99. The van der Waals surface area contributed by atoms with Crippen molar-refractivity contribution in [2.24, 2.45) is 0 Å². The molecule has 1 fully saturated rings. The summed E-state index contributed by atoms with van der Waals surface area (Å²) in [5, 5.41) is 5.59. The fraction of sp³-hybridized carbons (Fsp3) is 0.300. The Morgan fingerprint density at radius 3 is 2.52 bits per heavy atom. The second-order valence-electron chi connectivity index (χ2n) is 6.13. The minimum Gasteiger partial charge on any atom is -0.497 e. The number of β-lactam (4-membered cyclic amide) rings is 1. The molecule has 2 aromatic rings. The van der Waals surface area contributed by atoms with E-state index in [1.807, 2.05) is 42.5 Å². The van der Waals surface area contributed by atoms with Gasteiger partial charge in [-0.05, 0) is 29.8 Å². The zero-order valence-electron chi connectivity index (χ0n) is 15.0. The van der Waals surface area contributed by atoms with Crippen LogP contribution in [0.3, 0.4) is 0 Å². The maximum Gasteiger partial charge on any atom is 0.258 e. The normalized spacial score (nSPS) is 18.2. The highest BCUT2D eigenvalue weighted by molar-refractivity contribution is 7.98. The quantitative estimate of drug-likeness (QED) is 0.645. The van der Waals surface area contributed by atoms with Gasteiger partial charge in [0, 0.05) is 11.5 Å². The number of carbonyl (C=O) groups is 2. The van der Waals surface area contributed by atoms with E-state index in [2.05, 4.69) is 10.6 Å². The summed E-state index contributed by atoms with van der Waals surface area (Å²) in [5.41, 5.74) is 1.18. The highest BCUT2D eigenvalue weighted by Gasteiger charge is 2.39. The monoisotopic (exact) mass is 386 g/mol. The van der Waals surface area contributed by atoms with Crippen molar-refractivity contribution in [2.45, 2.75) is 17.8 Å². The second kappa shape index (κ2) is 9.32. The number of amides is 2. The number of thioether (sulfide) groups is 1. The van der Waals surface area contributed by atoms with E-state index in [1.165, 1.54) is 5.56 Å². The predicted molar refractivity (Wildman–Crippen MR) is 105 cm³/mol. The lowest BCUT2D eigenvalue weighted by atomic mass is 10.0. The molecule has 27 heavy (non-hydrogen) atoms. The number of rotatable bonds is 9. The average Bonchev–Trinajstić information content (AvgIpc) is 2.71. The molecule has 0 aliphatic carbocycles. The van der Waals surface area contributed by atoms with Gasteiger partial charge in [0.05, 0.1) is 13.2 Å². The molecule has 0 aromatic heterocycles. The van der Waals surface area contributed by atoms with Crippen LogP contribution in [0.2, 0.25) is 0 Å². The molecule has 2 amide bonds. The molecule has 0 unspecified atom stereocenters. The van der Waals surface area contributed by atoms with Crippen molar-refractivity contribution < 1.29 is 19.1 Å². The number of hydrogen-bond acceptors (Lipinski definition) is 5.